The Bertz CT molecular complexity index is 455. The first-order valence-electron chi connectivity index (χ1n) is 10.3. The van der Waals surface area contributed by atoms with Crippen molar-refractivity contribution in [3.8, 4) is 0 Å². The fraction of sp³-hybridized carbons (Fsp3) is 1.00. The van der Waals surface area contributed by atoms with Crippen LogP contribution in [0.25, 0.3) is 0 Å². The molecule has 1 unspecified atom stereocenters. The minimum Gasteiger partial charge on any atom is -0.355 e. The fourth-order valence-electron chi connectivity index (χ4n) is 8.07. The molecule has 4 aliphatic carbocycles. The summed E-state index contributed by atoms with van der Waals surface area (Å²) in [4.78, 5) is 0. The molecule has 0 bridgehead atoms. The second kappa shape index (κ2) is 5.46. The summed E-state index contributed by atoms with van der Waals surface area (Å²) >= 11 is 0. The first-order chi connectivity index (χ1) is 11.2. The third-order valence-electron chi connectivity index (χ3n) is 8.81. The van der Waals surface area contributed by atoms with Gasteiger partial charge in [0.2, 0.25) is 0 Å². The van der Waals surface area contributed by atoms with Crippen LogP contribution < -0.4 is 0 Å². The topological polar surface area (TPSA) is 18.5 Å². The highest BCUT2D eigenvalue weighted by molar-refractivity contribution is 5.08. The smallest absolute Gasteiger partial charge is 0.146 e. The van der Waals surface area contributed by atoms with Crippen LogP contribution >= 0.6 is 0 Å². The van der Waals surface area contributed by atoms with Crippen molar-refractivity contribution in [3.63, 3.8) is 0 Å². The molecule has 5 aliphatic rings. The summed E-state index contributed by atoms with van der Waals surface area (Å²) < 4.78 is 11.5. The molecule has 4 saturated carbocycles. The van der Waals surface area contributed by atoms with E-state index < -0.39 is 0 Å². The van der Waals surface area contributed by atoms with Gasteiger partial charge in [0.25, 0.3) is 0 Å². The van der Waals surface area contributed by atoms with Crippen LogP contribution in [0, 0.1) is 40.4 Å². The molecule has 0 aromatic rings. The standard InChI is InChI=1S/C21H34O2/c1-20-9-8-17-16-5-3-2-4-15(16)6-7-18(17)19(20)10-21(11-20)12-22-14-23-13-21/h15-19H,2-14H2,1H3/t15?,16-,17+,18+,19-,20+/m0/s1. The van der Waals surface area contributed by atoms with E-state index in [4.69, 9.17) is 9.47 Å². The van der Waals surface area contributed by atoms with E-state index in [-0.39, 0.29) is 0 Å². The maximum Gasteiger partial charge on any atom is 0.146 e. The molecule has 1 heterocycles. The number of hydrogen-bond donors (Lipinski definition) is 0. The number of ether oxygens (including phenoxy) is 2. The van der Waals surface area contributed by atoms with E-state index in [1.165, 1.54) is 44.9 Å². The molecule has 0 amide bonds. The van der Waals surface area contributed by atoms with E-state index in [2.05, 4.69) is 6.92 Å². The number of fused-ring (bicyclic) bond motifs is 5. The van der Waals surface area contributed by atoms with Gasteiger partial charge in [-0.2, -0.15) is 0 Å². The molecular formula is C21H34O2. The summed E-state index contributed by atoms with van der Waals surface area (Å²) in [5.74, 6) is 5.21. The second-order valence-corrected chi connectivity index (χ2v) is 10.1. The molecule has 1 aliphatic heterocycles. The average molecular weight is 319 g/mol. The molecule has 2 heteroatoms. The molecule has 5 fully saturated rings. The van der Waals surface area contributed by atoms with Crippen molar-refractivity contribution in [3.05, 3.63) is 0 Å². The van der Waals surface area contributed by atoms with Crippen LogP contribution in [0.1, 0.15) is 71.1 Å². The zero-order valence-corrected chi connectivity index (χ0v) is 14.9. The minimum atomic E-state index is 0.357. The summed E-state index contributed by atoms with van der Waals surface area (Å²) in [6.07, 6.45) is 14.9. The third kappa shape index (κ3) is 2.34. The Kier molecular flexibility index (Phi) is 3.61. The molecule has 1 spiro atoms. The summed E-state index contributed by atoms with van der Waals surface area (Å²) in [7, 11) is 0. The zero-order valence-electron chi connectivity index (χ0n) is 14.9. The highest BCUT2D eigenvalue weighted by atomic mass is 16.7. The molecule has 6 atom stereocenters. The second-order valence-electron chi connectivity index (χ2n) is 10.1. The molecule has 130 valence electrons. The van der Waals surface area contributed by atoms with Gasteiger partial charge in [0.05, 0.1) is 13.2 Å². The summed E-state index contributed by atoms with van der Waals surface area (Å²) in [6, 6.07) is 0. The van der Waals surface area contributed by atoms with Gasteiger partial charge >= 0.3 is 0 Å². The molecule has 0 aromatic carbocycles. The molecule has 0 radical (unpaired) electrons. The lowest BCUT2D eigenvalue weighted by atomic mass is 9.51. The molecular weight excluding hydrogens is 284 g/mol. The number of hydrogen-bond acceptors (Lipinski definition) is 2. The fourth-order valence-corrected chi connectivity index (χ4v) is 8.07. The lowest BCUT2D eigenvalue weighted by molar-refractivity contribution is -0.165. The van der Waals surface area contributed by atoms with E-state index in [9.17, 15) is 0 Å². The van der Waals surface area contributed by atoms with Gasteiger partial charge in [-0.1, -0.05) is 26.2 Å². The molecule has 5 rings (SSSR count). The Morgan fingerprint density at radius 2 is 1.65 bits per heavy atom. The van der Waals surface area contributed by atoms with E-state index in [0.717, 1.165) is 42.8 Å². The lowest BCUT2D eigenvalue weighted by Crippen LogP contribution is -2.46. The number of rotatable bonds is 0. The van der Waals surface area contributed by atoms with E-state index >= 15 is 0 Å². The van der Waals surface area contributed by atoms with Crippen molar-refractivity contribution >= 4 is 0 Å². The lowest BCUT2D eigenvalue weighted by Gasteiger charge is -2.54. The quantitative estimate of drug-likeness (QED) is 0.624. The normalized spacial score (nSPS) is 51.8. The van der Waals surface area contributed by atoms with Crippen LogP contribution in [-0.2, 0) is 9.47 Å². The van der Waals surface area contributed by atoms with Gasteiger partial charge in [-0.05, 0) is 80.0 Å². The van der Waals surface area contributed by atoms with Gasteiger partial charge in [0.1, 0.15) is 6.79 Å². The van der Waals surface area contributed by atoms with Crippen LogP contribution in [-0.4, -0.2) is 20.0 Å². The average Bonchev–Trinajstić information content (AvgIpc) is 2.87. The Morgan fingerprint density at radius 1 is 0.826 bits per heavy atom. The van der Waals surface area contributed by atoms with Gasteiger partial charge in [0, 0.05) is 5.41 Å². The summed E-state index contributed by atoms with van der Waals surface area (Å²) in [6.45, 7) is 5.06. The van der Waals surface area contributed by atoms with Crippen molar-refractivity contribution in [2.45, 2.75) is 71.1 Å². The molecule has 2 nitrogen and oxygen atoms in total. The first-order valence-corrected chi connectivity index (χ1v) is 10.3. The largest absolute Gasteiger partial charge is 0.355 e. The highest BCUT2D eigenvalue weighted by Crippen LogP contribution is 2.66. The predicted octanol–water partition coefficient (Wildman–Crippen LogP) is 5.02. The van der Waals surface area contributed by atoms with E-state index in [1.807, 2.05) is 0 Å². The summed E-state index contributed by atoms with van der Waals surface area (Å²) in [5, 5.41) is 0. The maximum atomic E-state index is 5.76. The maximum absolute atomic E-state index is 5.76. The van der Waals surface area contributed by atoms with Gasteiger partial charge in [0.15, 0.2) is 0 Å². The van der Waals surface area contributed by atoms with Crippen LogP contribution in [0.15, 0.2) is 0 Å². The van der Waals surface area contributed by atoms with Crippen LogP contribution in [0.3, 0.4) is 0 Å². The summed E-state index contributed by atoms with van der Waals surface area (Å²) in [5.41, 5.74) is 0.933. The Balaban J connectivity index is 1.40. The Hall–Kier alpha value is -0.0800. The predicted molar refractivity (Wildman–Crippen MR) is 90.9 cm³/mol. The van der Waals surface area contributed by atoms with Crippen molar-refractivity contribution in [2.75, 3.05) is 20.0 Å². The van der Waals surface area contributed by atoms with Gasteiger partial charge in [-0.25, -0.2) is 0 Å². The van der Waals surface area contributed by atoms with E-state index in [1.54, 1.807) is 19.3 Å². The highest BCUT2D eigenvalue weighted by Gasteiger charge is 2.59. The molecule has 0 N–H and O–H groups in total. The Labute approximate surface area is 141 Å². The van der Waals surface area contributed by atoms with E-state index in [0.29, 0.717) is 17.6 Å². The van der Waals surface area contributed by atoms with Gasteiger partial charge < -0.3 is 9.47 Å². The van der Waals surface area contributed by atoms with Crippen LogP contribution in [0.2, 0.25) is 0 Å². The zero-order chi connectivity index (χ0) is 15.5. The molecule has 1 saturated heterocycles. The minimum absolute atomic E-state index is 0.357. The van der Waals surface area contributed by atoms with Crippen LogP contribution in [0.5, 0.6) is 0 Å². The first kappa shape index (κ1) is 15.2. The van der Waals surface area contributed by atoms with Crippen molar-refractivity contribution in [2.24, 2.45) is 40.4 Å². The van der Waals surface area contributed by atoms with Crippen molar-refractivity contribution in [1.29, 1.82) is 0 Å². The van der Waals surface area contributed by atoms with Gasteiger partial charge in [-0.3, -0.25) is 0 Å². The molecule has 0 aromatic heterocycles. The Morgan fingerprint density at radius 3 is 2.52 bits per heavy atom. The molecule has 23 heavy (non-hydrogen) atoms. The SMILES string of the molecule is C[C@]12CC[C@H]3[C@@H](CCC4CCCC[C@@H]43)[C@@H]1CC1(COCOC1)C2. The monoisotopic (exact) mass is 318 g/mol. The van der Waals surface area contributed by atoms with Gasteiger partial charge in [-0.15, -0.1) is 0 Å². The van der Waals surface area contributed by atoms with Crippen LogP contribution in [0.4, 0.5) is 0 Å². The third-order valence-corrected chi connectivity index (χ3v) is 8.81. The van der Waals surface area contributed by atoms with Crippen molar-refractivity contribution < 1.29 is 9.47 Å². The van der Waals surface area contributed by atoms with Crippen molar-refractivity contribution in [1.82, 2.24) is 0 Å².